The predicted molar refractivity (Wildman–Crippen MR) is 124 cm³/mol. The molecule has 0 radical (unpaired) electrons. The fourth-order valence-electron chi connectivity index (χ4n) is 2.91. The maximum absolute atomic E-state index is 13.7. The highest BCUT2D eigenvalue weighted by molar-refractivity contribution is 7.93. The Labute approximate surface area is 195 Å². The van der Waals surface area contributed by atoms with Crippen LogP contribution in [0.4, 0.5) is 10.1 Å². The van der Waals surface area contributed by atoms with Crippen LogP contribution in [0.2, 0.25) is 5.02 Å². The number of hydrogen-bond donors (Lipinski definition) is 2. The van der Waals surface area contributed by atoms with Crippen LogP contribution in [-0.2, 0) is 10.0 Å². The first-order chi connectivity index (χ1) is 15.8. The Balaban J connectivity index is 1.86. The minimum absolute atomic E-state index is 0.0300. The maximum atomic E-state index is 13.7. The zero-order valence-electron chi connectivity index (χ0n) is 17.2. The standard InChI is InChI=1S/C23H19ClFN3O4S/c1-2-14-28(17-8-4-3-5-9-17)33(31,32)21-15-16(12-13-19(21)24)22(29)26-27-23(30)18-10-6-7-11-20(18)25/h2-13,15H,1,14H2,(H,26,29)(H,27,30). The van der Waals surface area contributed by atoms with Gasteiger partial charge in [-0.1, -0.05) is 48.0 Å². The van der Waals surface area contributed by atoms with E-state index in [1.165, 1.54) is 36.4 Å². The van der Waals surface area contributed by atoms with E-state index < -0.39 is 27.7 Å². The van der Waals surface area contributed by atoms with Gasteiger partial charge in [0.15, 0.2) is 0 Å². The highest BCUT2D eigenvalue weighted by atomic mass is 35.5. The van der Waals surface area contributed by atoms with Crippen LogP contribution in [0.1, 0.15) is 20.7 Å². The maximum Gasteiger partial charge on any atom is 0.272 e. The first-order valence-corrected chi connectivity index (χ1v) is 11.4. The molecule has 0 saturated heterocycles. The summed E-state index contributed by atoms with van der Waals surface area (Å²) in [6.07, 6.45) is 1.42. The van der Waals surface area contributed by atoms with Crippen molar-refractivity contribution in [3.63, 3.8) is 0 Å². The lowest BCUT2D eigenvalue weighted by atomic mass is 10.2. The average Bonchev–Trinajstić information content (AvgIpc) is 2.81. The number of anilines is 1. The van der Waals surface area contributed by atoms with Crippen molar-refractivity contribution in [2.75, 3.05) is 10.8 Å². The van der Waals surface area contributed by atoms with E-state index in [0.717, 1.165) is 16.4 Å². The molecule has 10 heteroatoms. The largest absolute Gasteiger partial charge is 0.272 e. The zero-order chi connectivity index (χ0) is 24.0. The summed E-state index contributed by atoms with van der Waals surface area (Å²) in [5.41, 5.74) is 4.27. The summed E-state index contributed by atoms with van der Waals surface area (Å²) in [7, 11) is -4.17. The van der Waals surface area contributed by atoms with Gasteiger partial charge in [-0.05, 0) is 42.5 Å². The number of rotatable bonds is 7. The van der Waals surface area contributed by atoms with Crippen molar-refractivity contribution in [1.29, 1.82) is 0 Å². The topological polar surface area (TPSA) is 95.6 Å². The van der Waals surface area contributed by atoms with E-state index >= 15 is 0 Å². The van der Waals surface area contributed by atoms with Crippen molar-refractivity contribution in [3.8, 4) is 0 Å². The number of sulfonamides is 1. The first kappa shape index (κ1) is 24.0. The molecular formula is C23H19ClFN3O4S. The summed E-state index contributed by atoms with van der Waals surface area (Å²) in [5, 5.41) is -0.0908. The third-order valence-corrected chi connectivity index (χ3v) is 6.78. The lowest BCUT2D eigenvalue weighted by Gasteiger charge is -2.24. The SMILES string of the molecule is C=CCN(c1ccccc1)S(=O)(=O)c1cc(C(=O)NNC(=O)c2ccccc2F)ccc1Cl. The van der Waals surface area contributed by atoms with E-state index in [2.05, 4.69) is 17.4 Å². The van der Waals surface area contributed by atoms with Gasteiger partial charge in [-0.15, -0.1) is 6.58 Å². The molecule has 0 aromatic heterocycles. The predicted octanol–water partition coefficient (Wildman–Crippen LogP) is 3.94. The number of carbonyl (C=O) groups excluding carboxylic acids is 2. The van der Waals surface area contributed by atoms with Gasteiger partial charge in [0.05, 0.1) is 22.8 Å². The molecule has 0 atom stereocenters. The van der Waals surface area contributed by atoms with Gasteiger partial charge in [-0.3, -0.25) is 24.7 Å². The van der Waals surface area contributed by atoms with Crippen molar-refractivity contribution in [1.82, 2.24) is 10.9 Å². The Morgan fingerprint density at radius 2 is 1.61 bits per heavy atom. The molecule has 33 heavy (non-hydrogen) atoms. The summed E-state index contributed by atoms with van der Waals surface area (Å²) >= 11 is 6.17. The molecule has 0 aliphatic carbocycles. The molecular weight excluding hydrogens is 469 g/mol. The number of amides is 2. The molecule has 0 unspecified atom stereocenters. The number of hydrazine groups is 1. The van der Waals surface area contributed by atoms with E-state index in [0.29, 0.717) is 5.69 Å². The van der Waals surface area contributed by atoms with Crippen LogP contribution >= 0.6 is 11.6 Å². The number of nitrogens with zero attached hydrogens (tertiary/aromatic N) is 1. The second-order valence-corrected chi connectivity index (χ2v) is 8.93. The van der Waals surface area contributed by atoms with Gasteiger partial charge in [-0.2, -0.15) is 0 Å². The summed E-state index contributed by atoms with van der Waals surface area (Å²) < 4.78 is 41.5. The number of halogens is 2. The zero-order valence-corrected chi connectivity index (χ0v) is 18.7. The van der Waals surface area contributed by atoms with Crippen molar-refractivity contribution < 1.29 is 22.4 Å². The normalized spacial score (nSPS) is 10.8. The van der Waals surface area contributed by atoms with Crippen molar-refractivity contribution in [3.05, 3.63) is 107 Å². The molecule has 3 aromatic rings. The molecule has 0 aliphatic rings. The molecule has 3 rings (SSSR count). The Hall–Kier alpha value is -3.69. The number of nitrogens with one attached hydrogen (secondary N) is 2. The van der Waals surface area contributed by atoms with Crippen LogP contribution in [0, 0.1) is 5.82 Å². The summed E-state index contributed by atoms with van der Waals surface area (Å²) in [4.78, 5) is 24.3. The van der Waals surface area contributed by atoms with E-state index in [1.54, 1.807) is 30.3 Å². The summed E-state index contributed by atoms with van der Waals surface area (Å²) in [5.74, 6) is -2.44. The average molecular weight is 488 g/mol. The molecule has 0 heterocycles. The summed E-state index contributed by atoms with van der Waals surface area (Å²) in [6.45, 7) is 3.57. The van der Waals surface area contributed by atoms with Gasteiger partial charge < -0.3 is 0 Å². The van der Waals surface area contributed by atoms with Gasteiger partial charge in [0.2, 0.25) is 0 Å². The molecule has 0 fully saturated rings. The van der Waals surface area contributed by atoms with E-state index in [4.69, 9.17) is 11.6 Å². The Bertz CT molecular complexity index is 1300. The van der Waals surface area contributed by atoms with Gasteiger partial charge in [0, 0.05) is 5.56 Å². The van der Waals surface area contributed by atoms with Crippen molar-refractivity contribution in [2.24, 2.45) is 0 Å². The molecule has 170 valence electrons. The number of para-hydroxylation sites is 1. The van der Waals surface area contributed by atoms with E-state index in [1.807, 2.05) is 0 Å². The Morgan fingerprint density at radius 3 is 2.27 bits per heavy atom. The molecule has 7 nitrogen and oxygen atoms in total. The molecule has 0 bridgehead atoms. The van der Waals surface area contributed by atoms with Crippen LogP contribution in [0.15, 0.2) is 90.3 Å². The fraction of sp³-hybridized carbons (Fsp3) is 0.0435. The molecule has 2 amide bonds. The highest BCUT2D eigenvalue weighted by Crippen LogP contribution is 2.29. The Morgan fingerprint density at radius 1 is 0.970 bits per heavy atom. The monoisotopic (exact) mass is 487 g/mol. The second kappa shape index (κ2) is 10.3. The molecule has 2 N–H and O–H groups in total. The lowest BCUT2D eigenvalue weighted by molar-refractivity contribution is 0.0844. The van der Waals surface area contributed by atoms with Crippen LogP contribution in [0.25, 0.3) is 0 Å². The van der Waals surface area contributed by atoms with Crippen LogP contribution in [0.3, 0.4) is 0 Å². The third kappa shape index (κ3) is 5.39. The van der Waals surface area contributed by atoms with Crippen LogP contribution < -0.4 is 15.2 Å². The van der Waals surface area contributed by atoms with Crippen molar-refractivity contribution >= 4 is 39.1 Å². The smallest absolute Gasteiger partial charge is 0.267 e. The van der Waals surface area contributed by atoms with Gasteiger partial charge >= 0.3 is 0 Å². The third-order valence-electron chi connectivity index (χ3n) is 4.51. The molecule has 3 aromatic carbocycles. The highest BCUT2D eigenvalue weighted by Gasteiger charge is 2.27. The minimum atomic E-state index is -4.17. The van der Waals surface area contributed by atoms with Crippen LogP contribution in [0.5, 0.6) is 0 Å². The fourth-order valence-corrected chi connectivity index (χ4v) is 4.85. The first-order valence-electron chi connectivity index (χ1n) is 9.59. The molecule has 0 aliphatic heterocycles. The summed E-state index contributed by atoms with van der Waals surface area (Å²) in [6, 6.07) is 17.3. The number of benzene rings is 3. The molecule has 0 spiro atoms. The van der Waals surface area contributed by atoms with Gasteiger partial charge in [0.1, 0.15) is 10.7 Å². The van der Waals surface area contributed by atoms with E-state index in [9.17, 15) is 22.4 Å². The minimum Gasteiger partial charge on any atom is -0.267 e. The van der Waals surface area contributed by atoms with Crippen molar-refractivity contribution in [2.45, 2.75) is 4.90 Å². The Kier molecular flexibility index (Phi) is 7.47. The number of hydrogen-bond acceptors (Lipinski definition) is 4. The van der Waals surface area contributed by atoms with Gasteiger partial charge in [0.25, 0.3) is 21.8 Å². The lowest BCUT2D eigenvalue weighted by Crippen LogP contribution is -2.42. The van der Waals surface area contributed by atoms with Crippen LogP contribution in [-0.4, -0.2) is 26.8 Å². The van der Waals surface area contributed by atoms with Gasteiger partial charge in [-0.25, -0.2) is 12.8 Å². The number of carbonyl (C=O) groups is 2. The van der Waals surface area contributed by atoms with E-state index in [-0.39, 0.29) is 27.6 Å². The molecule has 0 saturated carbocycles. The second-order valence-electron chi connectivity index (χ2n) is 6.69. The quantitative estimate of drug-likeness (QED) is 0.390.